The summed E-state index contributed by atoms with van der Waals surface area (Å²) in [5, 5.41) is 0. The zero-order valence-electron chi connectivity index (χ0n) is 12.1. The van der Waals surface area contributed by atoms with Crippen molar-refractivity contribution in [3.05, 3.63) is 24.0 Å². The Kier molecular flexibility index (Phi) is 5.16. The summed E-state index contributed by atoms with van der Waals surface area (Å²) in [5.41, 5.74) is 5.72. The van der Waals surface area contributed by atoms with Crippen molar-refractivity contribution in [2.24, 2.45) is 0 Å². The number of sulfonamides is 1. The Hall–Kier alpha value is -0.790. The van der Waals surface area contributed by atoms with Crippen LogP contribution in [0.2, 0.25) is 0 Å². The molecule has 1 fully saturated rings. The number of thioether (sulfide) groups is 1. The van der Waals surface area contributed by atoms with Gasteiger partial charge < -0.3 is 5.73 Å². The van der Waals surface area contributed by atoms with E-state index in [9.17, 15) is 12.8 Å². The van der Waals surface area contributed by atoms with Gasteiger partial charge in [-0.2, -0.15) is 11.8 Å². The Labute approximate surface area is 129 Å². The van der Waals surface area contributed by atoms with E-state index in [0.29, 0.717) is 6.54 Å². The number of hydrogen-bond donors (Lipinski definition) is 2. The summed E-state index contributed by atoms with van der Waals surface area (Å²) in [7, 11) is -3.79. The molecule has 0 atom stereocenters. The Bertz CT molecular complexity index is 599. The molecule has 0 spiro atoms. The van der Waals surface area contributed by atoms with E-state index in [1.807, 2.05) is 6.26 Å². The van der Waals surface area contributed by atoms with E-state index >= 15 is 0 Å². The number of anilines is 1. The molecule has 0 amide bonds. The normalized spacial score (nSPS) is 18.6. The quantitative estimate of drug-likeness (QED) is 0.813. The molecule has 1 aliphatic rings. The molecule has 0 saturated heterocycles. The minimum absolute atomic E-state index is 0.0609. The lowest BCUT2D eigenvalue weighted by molar-refractivity contribution is 0.395. The molecule has 0 bridgehead atoms. The van der Waals surface area contributed by atoms with Crippen LogP contribution in [-0.2, 0) is 10.0 Å². The van der Waals surface area contributed by atoms with Gasteiger partial charge in [-0.3, -0.25) is 0 Å². The molecule has 118 valence electrons. The summed E-state index contributed by atoms with van der Waals surface area (Å²) in [6, 6.07) is 3.39. The van der Waals surface area contributed by atoms with E-state index in [-0.39, 0.29) is 15.3 Å². The maximum absolute atomic E-state index is 13.3. The maximum Gasteiger partial charge on any atom is 0.242 e. The minimum Gasteiger partial charge on any atom is -0.398 e. The van der Waals surface area contributed by atoms with Crippen LogP contribution in [0.4, 0.5) is 10.1 Å². The molecule has 21 heavy (non-hydrogen) atoms. The number of benzene rings is 1. The van der Waals surface area contributed by atoms with Crippen molar-refractivity contribution >= 4 is 27.5 Å². The Morgan fingerprint density at radius 2 is 2.00 bits per heavy atom. The average Bonchev–Trinajstić information content (AvgIpc) is 2.49. The molecule has 1 aromatic rings. The second-order valence-corrected chi connectivity index (χ2v) is 8.46. The van der Waals surface area contributed by atoms with Crippen LogP contribution in [0.1, 0.15) is 32.1 Å². The van der Waals surface area contributed by atoms with Gasteiger partial charge in [0.1, 0.15) is 10.7 Å². The van der Waals surface area contributed by atoms with Crippen LogP contribution in [0.15, 0.2) is 23.1 Å². The second-order valence-electron chi connectivity index (χ2n) is 5.45. The van der Waals surface area contributed by atoms with Gasteiger partial charge in [0.25, 0.3) is 0 Å². The molecule has 7 heteroatoms. The highest BCUT2D eigenvalue weighted by Crippen LogP contribution is 2.38. The van der Waals surface area contributed by atoms with Crippen molar-refractivity contribution in [2.45, 2.75) is 41.7 Å². The Morgan fingerprint density at radius 1 is 1.33 bits per heavy atom. The largest absolute Gasteiger partial charge is 0.398 e. The van der Waals surface area contributed by atoms with E-state index in [4.69, 9.17) is 5.73 Å². The van der Waals surface area contributed by atoms with Gasteiger partial charge in [-0.15, -0.1) is 0 Å². The van der Waals surface area contributed by atoms with Crippen molar-refractivity contribution < 1.29 is 12.8 Å². The standard InChI is InChI=1S/C14H21FN2O2S2/c1-20-14(7-3-2-4-8-14)10-17-21(18,19)13-9-11(15)5-6-12(13)16/h5-6,9,17H,2-4,7-8,10,16H2,1H3. The smallest absolute Gasteiger partial charge is 0.242 e. The third-order valence-corrected chi connectivity index (χ3v) is 6.92. The second kappa shape index (κ2) is 6.54. The number of nitrogens with two attached hydrogens (primary N) is 1. The third kappa shape index (κ3) is 3.90. The third-order valence-electron chi connectivity index (χ3n) is 4.05. The molecule has 0 aliphatic heterocycles. The number of rotatable bonds is 5. The molecule has 2 rings (SSSR count). The molecular weight excluding hydrogens is 311 g/mol. The fraction of sp³-hybridized carbons (Fsp3) is 0.571. The maximum atomic E-state index is 13.3. The molecule has 0 aromatic heterocycles. The Balaban J connectivity index is 2.15. The van der Waals surface area contributed by atoms with E-state index < -0.39 is 15.8 Å². The Morgan fingerprint density at radius 3 is 2.62 bits per heavy atom. The summed E-state index contributed by atoms with van der Waals surface area (Å²) >= 11 is 1.70. The van der Waals surface area contributed by atoms with Gasteiger partial charge in [-0.05, 0) is 37.3 Å². The highest BCUT2D eigenvalue weighted by atomic mass is 32.2. The van der Waals surface area contributed by atoms with Crippen molar-refractivity contribution in [3.8, 4) is 0 Å². The van der Waals surface area contributed by atoms with Gasteiger partial charge in [-0.25, -0.2) is 17.5 Å². The van der Waals surface area contributed by atoms with E-state index in [2.05, 4.69) is 4.72 Å². The molecule has 4 nitrogen and oxygen atoms in total. The van der Waals surface area contributed by atoms with Gasteiger partial charge in [0.2, 0.25) is 10.0 Å². The van der Waals surface area contributed by atoms with Gasteiger partial charge >= 0.3 is 0 Å². The predicted molar refractivity (Wildman–Crippen MR) is 85.3 cm³/mol. The fourth-order valence-electron chi connectivity index (χ4n) is 2.69. The van der Waals surface area contributed by atoms with Crippen LogP contribution < -0.4 is 10.5 Å². The average molecular weight is 332 g/mol. The lowest BCUT2D eigenvalue weighted by Crippen LogP contribution is -2.41. The van der Waals surface area contributed by atoms with Crippen molar-refractivity contribution in [1.29, 1.82) is 0 Å². The molecule has 0 heterocycles. The van der Waals surface area contributed by atoms with E-state index in [1.165, 1.54) is 12.5 Å². The first-order valence-electron chi connectivity index (χ1n) is 6.98. The van der Waals surface area contributed by atoms with Gasteiger partial charge in [0.05, 0.1) is 5.69 Å². The number of hydrogen-bond acceptors (Lipinski definition) is 4. The lowest BCUT2D eigenvalue weighted by atomic mass is 9.88. The van der Waals surface area contributed by atoms with E-state index in [0.717, 1.165) is 37.8 Å². The first kappa shape index (κ1) is 16.6. The van der Waals surface area contributed by atoms with Crippen LogP contribution in [0.3, 0.4) is 0 Å². The number of halogens is 1. The summed E-state index contributed by atoms with van der Waals surface area (Å²) in [5.74, 6) is -0.609. The highest BCUT2D eigenvalue weighted by Gasteiger charge is 2.33. The molecule has 0 radical (unpaired) electrons. The zero-order chi connectivity index (χ0) is 15.5. The summed E-state index contributed by atoms with van der Waals surface area (Å²) < 4.78 is 40.5. The van der Waals surface area contributed by atoms with E-state index in [1.54, 1.807) is 11.8 Å². The summed E-state index contributed by atoms with van der Waals surface area (Å²) in [6.45, 7) is 0.354. The number of nitrogens with one attached hydrogen (secondary N) is 1. The summed E-state index contributed by atoms with van der Waals surface area (Å²) in [4.78, 5) is -0.186. The first-order chi connectivity index (χ1) is 9.88. The molecule has 3 N–H and O–H groups in total. The van der Waals surface area contributed by atoms with Crippen molar-refractivity contribution in [3.63, 3.8) is 0 Å². The zero-order valence-corrected chi connectivity index (χ0v) is 13.7. The van der Waals surface area contributed by atoms with Crippen LogP contribution in [-0.4, -0.2) is 26.0 Å². The fourth-order valence-corrected chi connectivity index (χ4v) is 4.97. The molecule has 1 aromatic carbocycles. The van der Waals surface area contributed by atoms with Gasteiger partial charge in [-0.1, -0.05) is 19.3 Å². The molecule has 0 unspecified atom stereocenters. The lowest BCUT2D eigenvalue weighted by Gasteiger charge is -2.35. The first-order valence-corrected chi connectivity index (χ1v) is 9.69. The molecule has 1 aliphatic carbocycles. The SMILES string of the molecule is CSC1(CNS(=O)(=O)c2cc(F)ccc2N)CCCCC1. The van der Waals surface area contributed by atoms with Gasteiger partial charge in [0.15, 0.2) is 0 Å². The topological polar surface area (TPSA) is 72.2 Å². The molecule has 1 saturated carbocycles. The summed E-state index contributed by atoms with van der Waals surface area (Å²) in [6.07, 6.45) is 7.43. The monoisotopic (exact) mass is 332 g/mol. The van der Waals surface area contributed by atoms with Crippen LogP contribution in [0.25, 0.3) is 0 Å². The van der Waals surface area contributed by atoms with Gasteiger partial charge in [0, 0.05) is 11.3 Å². The number of nitrogen functional groups attached to an aromatic ring is 1. The van der Waals surface area contributed by atoms with Crippen molar-refractivity contribution in [1.82, 2.24) is 4.72 Å². The highest BCUT2D eigenvalue weighted by molar-refractivity contribution is 8.00. The van der Waals surface area contributed by atoms with Crippen LogP contribution >= 0.6 is 11.8 Å². The van der Waals surface area contributed by atoms with Crippen LogP contribution in [0.5, 0.6) is 0 Å². The van der Waals surface area contributed by atoms with Crippen molar-refractivity contribution in [2.75, 3.05) is 18.5 Å². The molecular formula is C14H21FN2O2S2. The van der Waals surface area contributed by atoms with Crippen LogP contribution in [0, 0.1) is 5.82 Å². The minimum atomic E-state index is -3.79. The predicted octanol–water partition coefficient (Wildman–Crippen LogP) is 2.75.